The minimum atomic E-state index is -3.53. The van der Waals surface area contributed by atoms with Gasteiger partial charge < -0.3 is 10.4 Å². The molecule has 132 valence electrons. The van der Waals surface area contributed by atoms with Crippen LogP contribution in [0.25, 0.3) is 0 Å². The van der Waals surface area contributed by atoms with E-state index in [0.29, 0.717) is 37.8 Å². The van der Waals surface area contributed by atoms with Crippen LogP contribution in [0.4, 0.5) is 0 Å². The molecule has 24 heavy (non-hydrogen) atoms. The van der Waals surface area contributed by atoms with Crippen molar-refractivity contribution < 1.29 is 23.1 Å². The number of rotatable bonds is 6. The number of carbonyl (C=O) groups excluding carboxylic acids is 1. The number of benzene rings is 1. The van der Waals surface area contributed by atoms with Crippen molar-refractivity contribution >= 4 is 21.9 Å². The van der Waals surface area contributed by atoms with E-state index < -0.39 is 16.0 Å². The van der Waals surface area contributed by atoms with Gasteiger partial charge in [0.25, 0.3) is 5.91 Å². The highest BCUT2D eigenvalue weighted by molar-refractivity contribution is 7.89. The normalized spacial score (nSPS) is 21.2. The number of sulfonamides is 1. The van der Waals surface area contributed by atoms with Crippen molar-refractivity contribution in [1.29, 1.82) is 0 Å². The highest BCUT2D eigenvalue weighted by Gasteiger charge is 2.27. The molecule has 0 aliphatic heterocycles. The Kier molecular flexibility index (Phi) is 5.95. The van der Waals surface area contributed by atoms with E-state index >= 15 is 0 Å². The number of hydrogen-bond acceptors (Lipinski definition) is 4. The summed E-state index contributed by atoms with van der Waals surface area (Å²) < 4.78 is 26.1. The fourth-order valence-electron chi connectivity index (χ4n) is 2.81. The maximum absolute atomic E-state index is 12.2. The standard InChI is InChI=1S/C16H22N2O5S/c1-2-17-24(22,23)14-9-5-11(6-10-14)15(19)18-13-7-3-12(4-8-13)16(20)21/h5-6,9-10,12-13,17H,2-4,7-8H2,1H3,(H,18,19)(H,20,21). The number of aliphatic carboxylic acids is 1. The molecule has 2 rings (SSSR count). The summed E-state index contributed by atoms with van der Waals surface area (Å²) >= 11 is 0. The van der Waals surface area contributed by atoms with Crippen molar-refractivity contribution in [2.24, 2.45) is 5.92 Å². The van der Waals surface area contributed by atoms with Gasteiger partial charge in [0.1, 0.15) is 0 Å². The van der Waals surface area contributed by atoms with E-state index in [1.54, 1.807) is 6.92 Å². The van der Waals surface area contributed by atoms with E-state index in [-0.39, 0.29) is 22.8 Å². The van der Waals surface area contributed by atoms with Gasteiger partial charge >= 0.3 is 5.97 Å². The zero-order valence-corrected chi connectivity index (χ0v) is 14.3. The molecule has 0 saturated heterocycles. The summed E-state index contributed by atoms with van der Waals surface area (Å²) in [7, 11) is -3.53. The number of hydrogen-bond donors (Lipinski definition) is 3. The van der Waals surface area contributed by atoms with E-state index in [1.165, 1.54) is 24.3 Å². The van der Waals surface area contributed by atoms with Crippen molar-refractivity contribution in [3.05, 3.63) is 29.8 Å². The van der Waals surface area contributed by atoms with E-state index in [0.717, 1.165) is 0 Å². The first-order chi connectivity index (χ1) is 11.3. The molecule has 1 aromatic rings. The zero-order valence-electron chi connectivity index (χ0n) is 13.5. The number of amides is 1. The number of carboxylic acid groups (broad SMARTS) is 1. The van der Waals surface area contributed by atoms with Gasteiger partial charge in [0, 0.05) is 18.2 Å². The maximum Gasteiger partial charge on any atom is 0.306 e. The molecular formula is C16H22N2O5S. The van der Waals surface area contributed by atoms with Crippen LogP contribution in [0.2, 0.25) is 0 Å². The van der Waals surface area contributed by atoms with E-state index in [2.05, 4.69) is 10.0 Å². The Labute approximate surface area is 141 Å². The Bertz CT molecular complexity index is 692. The van der Waals surface area contributed by atoms with Gasteiger partial charge in [-0.1, -0.05) is 6.92 Å². The summed E-state index contributed by atoms with van der Waals surface area (Å²) in [6.07, 6.45) is 2.38. The largest absolute Gasteiger partial charge is 0.481 e. The molecule has 1 amide bonds. The summed E-state index contributed by atoms with van der Waals surface area (Å²) in [4.78, 5) is 23.3. The Balaban J connectivity index is 1.95. The highest BCUT2D eigenvalue weighted by atomic mass is 32.2. The lowest BCUT2D eigenvalue weighted by molar-refractivity contribution is -0.142. The second-order valence-electron chi connectivity index (χ2n) is 5.89. The van der Waals surface area contributed by atoms with Gasteiger partial charge in [-0.15, -0.1) is 0 Å². The van der Waals surface area contributed by atoms with Gasteiger partial charge in [0.15, 0.2) is 0 Å². The van der Waals surface area contributed by atoms with Gasteiger partial charge in [0.2, 0.25) is 10.0 Å². The summed E-state index contributed by atoms with van der Waals surface area (Å²) in [5.74, 6) is -1.38. The molecule has 1 aliphatic rings. The van der Waals surface area contributed by atoms with Crippen molar-refractivity contribution in [2.75, 3.05) is 6.54 Å². The Morgan fingerprint density at radius 3 is 2.21 bits per heavy atom. The second kappa shape index (κ2) is 7.76. The molecule has 0 radical (unpaired) electrons. The van der Waals surface area contributed by atoms with Crippen molar-refractivity contribution in [3.8, 4) is 0 Å². The fraction of sp³-hybridized carbons (Fsp3) is 0.500. The van der Waals surface area contributed by atoms with Gasteiger partial charge in [-0.25, -0.2) is 13.1 Å². The molecule has 1 aliphatic carbocycles. The second-order valence-corrected chi connectivity index (χ2v) is 7.65. The summed E-state index contributed by atoms with van der Waals surface area (Å²) in [6.45, 7) is 1.99. The average molecular weight is 354 g/mol. The molecule has 1 saturated carbocycles. The summed E-state index contributed by atoms with van der Waals surface area (Å²) in [5.41, 5.74) is 0.380. The van der Waals surface area contributed by atoms with Crippen LogP contribution in [0, 0.1) is 5.92 Å². The van der Waals surface area contributed by atoms with E-state index in [4.69, 9.17) is 5.11 Å². The lowest BCUT2D eigenvalue weighted by Crippen LogP contribution is -2.38. The first kappa shape index (κ1) is 18.4. The van der Waals surface area contributed by atoms with Crippen LogP contribution in [0.1, 0.15) is 43.0 Å². The highest BCUT2D eigenvalue weighted by Crippen LogP contribution is 2.24. The van der Waals surface area contributed by atoms with E-state index in [1.807, 2.05) is 0 Å². The number of carbonyl (C=O) groups is 2. The third-order valence-electron chi connectivity index (χ3n) is 4.17. The smallest absolute Gasteiger partial charge is 0.306 e. The topological polar surface area (TPSA) is 113 Å². The maximum atomic E-state index is 12.2. The third kappa shape index (κ3) is 4.55. The third-order valence-corrected chi connectivity index (χ3v) is 5.73. The quantitative estimate of drug-likeness (QED) is 0.714. The molecular weight excluding hydrogens is 332 g/mol. The summed E-state index contributed by atoms with van der Waals surface area (Å²) in [5, 5.41) is 11.9. The molecule has 0 bridgehead atoms. The zero-order chi connectivity index (χ0) is 17.7. The Morgan fingerprint density at radius 1 is 1.12 bits per heavy atom. The van der Waals surface area contributed by atoms with Crippen molar-refractivity contribution in [1.82, 2.24) is 10.0 Å². The molecule has 7 nitrogen and oxygen atoms in total. The molecule has 0 unspecified atom stereocenters. The number of nitrogens with one attached hydrogen (secondary N) is 2. The van der Waals surface area contributed by atoms with Gasteiger partial charge in [-0.3, -0.25) is 9.59 Å². The van der Waals surface area contributed by atoms with Crippen molar-refractivity contribution in [2.45, 2.75) is 43.5 Å². The van der Waals surface area contributed by atoms with Gasteiger partial charge in [-0.2, -0.15) is 0 Å². The van der Waals surface area contributed by atoms with Gasteiger partial charge in [-0.05, 0) is 49.9 Å². The first-order valence-electron chi connectivity index (χ1n) is 7.97. The minimum Gasteiger partial charge on any atom is -0.481 e. The average Bonchev–Trinajstić information content (AvgIpc) is 2.55. The predicted molar refractivity (Wildman–Crippen MR) is 88.2 cm³/mol. The van der Waals surface area contributed by atoms with Gasteiger partial charge in [0.05, 0.1) is 10.8 Å². The molecule has 1 fully saturated rings. The monoisotopic (exact) mass is 354 g/mol. The fourth-order valence-corrected chi connectivity index (χ4v) is 3.85. The van der Waals surface area contributed by atoms with Crippen LogP contribution < -0.4 is 10.0 Å². The molecule has 1 aromatic carbocycles. The van der Waals surface area contributed by atoms with Crippen LogP contribution in [-0.4, -0.2) is 38.0 Å². The molecule has 0 atom stereocenters. The van der Waals surface area contributed by atoms with E-state index in [9.17, 15) is 18.0 Å². The van der Waals surface area contributed by atoms with Crippen LogP contribution in [0.15, 0.2) is 29.2 Å². The molecule has 0 spiro atoms. The number of carboxylic acids is 1. The Morgan fingerprint density at radius 2 is 1.71 bits per heavy atom. The van der Waals surface area contributed by atoms with Crippen LogP contribution in [-0.2, 0) is 14.8 Å². The van der Waals surface area contributed by atoms with Crippen LogP contribution in [0.3, 0.4) is 0 Å². The van der Waals surface area contributed by atoms with Crippen molar-refractivity contribution in [3.63, 3.8) is 0 Å². The van der Waals surface area contributed by atoms with Crippen LogP contribution in [0.5, 0.6) is 0 Å². The summed E-state index contributed by atoms with van der Waals surface area (Å²) in [6, 6.07) is 5.70. The molecule has 0 heterocycles. The SMILES string of the molecule is CCNS(=O)(=O)c1ccc(C(=O)NC2CCC(C(=O)O)CC2)cc1. The lowest BCUT2D eigenvalue weighted by Gasteiger charge is -2.26. The first-order valence-corrected chi connectivity index (χ1v) is 9.45. The molecule has 0 aromatic heterocycles. The molecule has 8 heteroatoms. The lowest BCUT2D eigenvalue weighted by atomic mass is 9.86. The Hall–Kier alpha value is -1.93. The molecule has 3 N–H and O–H groups in total. The van der Waals surface area contributed by atoms with Crippen LogP contribution >= 0.6 is 0 Å². The predicted octanol–water partition coefficient (Wildman–Crippen LogP) is 1.36. The minimum absolute atomic E-state index is 0.0433.